The highest BCUT2D eigenvalue weighted by atomic mass is 35.5. The molecule has 3 rings (SSSR count). The number of halogens is 2. The van der Waals surface area contributed by atoms with Crippen LogP contribution in [0.4, 0.5) is 0 Å². The molecule has 0 radical (unpaired) electrons. The number of benzene rings is 1. The molecule has 3 aromatic rings. The third-order valence-corrected chi connectivity index (χ3v) is 5.87. The number of aromatic nitrogens is 3. The zero-order valence-electron chi connectivity index (χ0n) is 12.0. The van der Waals surface area contributed by atoms with Gasteiger partial charge in [0.1, 0.15) is 0 Å². The minimum absolute atomic E-state index is 0.573. The van der Waals surface area contributed by atoms with Crippen LogP contribution in [0.1, 0.15) is 10.4 Å². The summed E-state index contributed by atoms with van der Waals surface area (Å²) in [7, 11) is 1.99. The second-order valence-corrected chi connectivity index (χ2v) is 7.72. The second kappa shape index (κ2) is 6.62. The Bertz CT molecular complexity index is 811. The third kappa shape index (κ3) is 3.33. The first-order chi connectivity index (χ1) is 10.5. The molecule has 7 heteroatoms. The van der Waals surface area contributed by atoms with Crippen LogP contribution in [-0.2, 0) is 12.8 Å². The van der Waals surface area contributed by atoms with E-state index >= 15 is 0 Å². The van der Waals surface area contributed by atoms with Gasteiger partial charge in [-0.3, -0.25) is 0 Å². The van der Waals surface area contributed by atoms with Gasteiger partial charge in [-0.2, -0.15) is 0 Å². The molecule has 22 heavy (non-hydrogen) atoms. The monoisotopic (exact) mass is 369 g/mol. The van der Waals surface area contributed by atoms with Gasteiger partial charge in [-0.1, -0.05) is 41.0 Å². The maximum absolute atomic E-state index is 6.04. The van der Waals surface area contributed by atoms with Crippen LogP contribution in [0.5, 0.6) is 0 Å². The van der Waals surface area contributed by atoms with E-state index in [2.05, 4.69) is 28.6 Å². The maximum Gasteiger partial charge on any atom is 0.191 e. The lowest BCUT2D eigenvalue weighted by molar-refractivity contribution is 0.794. The molecule has 0 saturated heterocycles. The van der Waals surface area contributed by atoms with Gasteiger partial charge in [0.25, 0.3) is 0 Å². The van der Waals surface area contributed by atoms with Crippen molar-refractivity contribution in [1.82, 2.24) is 14.8 Å². The summed E-state index contributed by atoms with van der Waals surface area (Å²) in [5, 5.41) is 12.7. The van der Waals surface area contributed by atoms with Crippen LogP contribution in [0.15, 0.2) is 34.8 Å². The zero-order valence-corrected chi connectivity index (χ0v) is 15.2. The standard InChI is InChI=1S/C15H13Cl2N3S2/c1-9-5-11(8-21-9)14-18-19-15(20(14)2)22-7-10-3-4-12(16)13(17)6-10/h3-6,8H,7H2,1-2H3. The summed E-state index contributed by atoms with van der Waals surface area (Å²) in [6.07, 6.45) is 0. The van der Waals surface area contributed by atoms with Crippen molar-refractivity contribution in [3.8, 4) is 11.4 Å². The van der Waals surface area contributed by atoms with Gasteiger partial charge in [0.15, 0.2) is 11.0 Å². The second-order valence-electron chi connectivity index (χ2n) is 4.85. The van der Waals surface area contributed by atoms with E-state index in [1.54, 1.807) is 23.1 Å². The number of hydrogen-bond donors (Lipinski definition) is 0. The molecule has 0 N–H and O–H groups in total. The van der Waals surface area contributed by atoms with Gasteiger partial charge in [0.2, 0.25) is 0 Å². The average molecular weight is 370 g/mol. The predicted octanol–water partition coefficient (Wildman–Crippen LogP) is 5.45. The molecular weight excluding hydrogens is 357 g/mol. The number of thiophene rings is 1. The van der Waals surface area contributed by atoms with Crippen LogP contribution in [-0.4, -0.2) is 14.8 Å². The Balaban J connectivity index is 1.76. The van der Waals surface area contributed by atoms with Crippen molar-refractivity contribution in [1.29, 1.82) is 0 Å². The largest absolute Gasteiger partial charge is 0.305 e. The Hall–Kier alpha value is -1.01. The van der Waals surface area contributed by atoms with Crippen molar-refractivity contribution < 1.29 is 0 Å². The highest BCUT2D eigenvalue weighted by Crippen LogP contribution is 2.29. The molecule has 2 aromatic heterocycles. The van der Waals surface area contributed by atoms with Crippen molar-refractivity contribution in [2.24, 2.45) is 7.05 Å². The molecule has 0 aliphatic rings. The fraction of sp³-hybridized carbons (Fsp3) is 0.200. The molecular formula is C15H13Cl2N3S2. The molecule has 0 atom stereocenters. The zero-order chi connectivity index (χ0) is 15.7. The number of thioether (sulfide) groups is 1. The van der Waals surface area contributed by atoms with E-state index in [1.807, 2.05) is 29.8 Å². The van der Waals surface area contributed by atoms with E-state index in [4.69, 9.17) is 23.2 Å². The highest BCUT2D eigenvalue weighted by Gasteiger charge is 2.12. The summed E-state index contributed by atoms with van der Waals surface area (Å²) >= 11 is 15.3. The van der Waals surface area contributed by atoms with Crippen LogP contribution < -0.4 is 0 Å². The minimum atomic E-state index is 0.573. The van der Waals surface area contributed by atoms with Gasteiger partial charge in [-0.15, -0.1) is 21.5 Å². The molecule has 0 aliphatic heterocycles. The number of nitrogens with zero attached hydrogens (tertiary/aromatic N) is 3. The van der Waals surface area contributed by atoms with E-state index in [-0.39, 0.29) is 0 Å². The van der Waals surface area contributed by atoms with Gasteiger partial charge >= 0.3 is 0 Å². The van der Waals surface area contributed by atoms with E-state index in [1.165, 1.54) is 4.88 Å². The molecule has 114 valence electrons. The molecule has 0 bridgehead atoms. The number of aryl methyl sites for hydroxylation is 1. The van der Waals surface area contributed by atoms with E-state index in [0.717, 1.165) is 27.9 Å². The Morgan fingerprint density at radius 1 is 1.18 bits per heavy atom. The summed E-state index contributed by atoms with van der Waals surface area (Å²) < 4.78 is 2.02. The van der Waals surface area contributed by atoms with E-state index in [9.17, 15) is 0 Å². The molecule has 0 amide bonds. The molecule has 0 unspecified atom stereocenters. The summed E-state index contributed by atoms with van der Waals surface area (Å²) in [6.45, 7) is 2.09. The SMILES string of the molecule is Cc1cc(-c2nnc(SCc3ccc(Cl)c(Cl)c3)n2C)cs1. The maximum atomic E-state index is 6.04. The molecule has 3 nitrogen and oxygen atoms in total. The molecule has 0 fully saturated rings. The van der Waals surface area contributed by atoms with E-state index in [0.29, 0.717) is 10.0 Å². The summed E-state index contributed by atoms with van der Waals surface area (Å²) in [6, 6.07) is 7.80. The average Bonchev–Trinajstić information content (AvgIpc) is 3.06. The summed E-state index contributed by atoms with van der Waals surface area (Å²) in [5.41, 5.74) is 2.22. The number of hydrogen-bond acceptors (Lipinski definition) is 4. The van der Waals surface area contributed by atoms with Gasteiger partial charge in [0.05, 0.1) is 10.0 Å². The van der Waals surface area contributed by atoms with Crippen LogP contribution in [0.25, 0.3) is 11.4 Å². The first kappa shape index (κ1) is 15.9. The van der Waals surface area contributed by atoms with Crippen molar-refractivity contribution in [2.45, 2.75) is 17.8 Å². The Morgan fingerprint density at radius 3 is 2.68 bits per heavy atom. The van der Waals surface area contributed by atoms with E-state index < -0.39 is 0 Å². The van der Waals surface area contributed by atoms with Crippen molar-refractivity contribution in [3.05, 3.63) is 50.1 Å². The lowest BCUT2D eigenvalue weighted by Crippen LogP contribution is -1.94. The minimum Gasteiger partial charge on any atom is -0.305 e. The van der Waals surface area contributed by atoms with Gasteiger partial charge in [-0.25, -0.2) is 0 Å². The predicted molar refractivity (Wildman–Crippen MR) is 95.1 cm³/mol. The van der Waals surface area contributed by atoms with Gasteiger partial charge in [0, 0.05) is 28.6 Å². The molecule has 1 aromatic carbocycles. The summed E-state index contributed by atoms with van der Waals surface area (Å²) in [5.74, 6) is 1.66. The normalized spacial score (nSPS) is 11.1. The van der Waals surface area contributed by atoms with Crippen molar-refractivity contribution >= 4 is 46.3 Å². The van der Waals surface area contributed by atoms with Crippen molar-refractivity contribution in [2.75, 3.05) is 0 Å². The Kier molecular flexibility index (Phi) is 4.78. The fourth-order valence-electron chi connectivity index (χ4n) is 2.03. The Morgan fingerprint density at radius 2 is 2.00 bits per heavy atom. The topological polar surface area (TPSA) is 30.7 Å². The molecule has 0 aliphatic carbocycles. The number of rotatable bonds is 4. The molecule has 2 heterocycles. The van der Waals surface area contributed by atoms with Crippen LogP contribution in [0.2, 0.25) is 10.0 Å². The Labute approximate surface area is 147 Å². The van der Waals surface area contributed by atoms with Crippen molar-refractivity contribution in [3.63, 3.8) is 0 Å². The summed E-state index contributed by atoms with van der Waals surface area (Å²) in [4.78, 5) is 1.27. The quantitative estimate of drug-likeness (QED) is 0.572. The first-order valence-electron chi connectivity index (χ1n) is 6.56. The first-order valence-corrected chi connectivity index (χ1v) is 9.18. The smallest absolute Gasteiger partial charge is 0.191 e. The molecule has 0 saturated carbocycles. The third-order valence-electron chi connectivity index (χ3n) is 3.18. The fourth-order valence-corrected chi connectivity index (χ4v) is 3.89. The van der Waals surface area contributed by atoms with Crippen LogP contribution in [0, 0.1) is 6.92 Å². The van der Waals surface area contributed by atoms with Crippen LogP contribution >= 0.6 is 46.3 Å². The van der Waals surface area contributed by atoms with Crippen LogP contribution in [0.3, 0.4) is 0 Å². The lowest BCUT2D eigenvalue weighted by Gasteiger charge is -2.04. The highest BCUT2D eigenvalue weighted by molar-refractivity contribution is 7.98. The van der Waals surface area contributed by atoms with Gasteiger partial charge in [-0.05, 0) is 30.7 Å². The lowest BCUT2D eigenvalue weighted by atomic mass is 10.2. The van der Waals surface area contributed by atoms with Gasteiger partial charge < -0.3 is 4.57 Å². The molecule has 0 spiro atoms.